The Morgan fingerprint density at radius 2 is 2.11 bits per heavy atom. The van der Waals surface area contributed by atoms with Crippen molar-refractivity contribution in [3.8, 4) is 0 Å². The molecule has 1 aliphatic rings. The first-order valence-electron chi connectivity index (χ1n) is 5.95. The fraction of sp³-hybridized carbons (Fsp3) is 0.727. The predicted octanol–water partition coefficient (Wildman–Crippen LogP) is -0.419. The van der Waals surface area contributed by atoms with Crippen LogP contribution in [0.5, 0.6) is 0 Å². The van der Waals surface area contributed by atoms with Crippen molar-refractivity contribution >= 4 is 17.9 Å². The van der Waals surface area contributed by atoms with E-state index < -0.39 is 11.9 Å². The molecule has 0 aromatic carbocycles. The van der Waals surface area contributed by atoms with Crippen LogP contribution in [-0.4, -0.2) is 66.0 Å². The molecule has 3 amide bonds. The lowest BCUT2D eigenvalue weighted by Gasteiger charge is -2.23. The van der Waals surface area contributed by atoms with E-state index in [1.165, 1.54) is 16.8 Å². The lowest BCUT2D eigenvalue weighted by Crippen LogP contribution is -2.44. The van der Waals surface area contributed by atoms with E-state index in [1.54, 1.807) is 6.92 Å². The van der Waals surface area contributed by atoms with Crippen molar-refractivity contribution < 1.29 is 19.5 Å². The Bertz CT molecular complexity index is 345. The number of carbonyl (C=O) groups excluding carboxylic acids is 2. The first-order valence-corrected chi connectivity index (χ1v) is 5.95. The van der Waals surface area contributed by atoms with Crippen molar-refractivity contribution in [1.29, 1.82) is 0 Å². The van der Waals surface area contributed by atoms with Crippen molar-refractivity contribution in [1.82, 2.24) is 15.1 Å². The molecule has 0 aliphatic carbocycles. The molecule has 1 atom stereocenters. The van der Waals surface area contributed by atoms with Gasteiger partial charge in [0.05, 0.1) is 5.92 Å². The molecule has 0 radical (unpaired) electrons. The van der Waals surface area contributed by atoms with Gasteiger partial charge in [0.2, 0.25) is 5.91 Å². The summed E-state index contributed by atoms with van der Waals surface area (Å²) in [4.78, 5) is 36.8. The molecule has 1 heterocycles. The molecule has 1 saturated heterocycles. The van der Waals surface area contributed by atoms with Crippen LogP contribution in [-0.2, 0) is 9.59 Å². The number of nitrogens with one attached hydrogen (secondary N) is 1. The molecule has 18 heavy (non-hydrogen) atoms. The first-order chi connectivity index (χ1) is 8.45. The van der Waals surface area contributed by atoms with E-state index in [0.29, 0.717) is 19.5 Å². The van der Waals surface area contributed by atoms with Crippen molar-refractivity contribution in [3.63, 3.8) is 0 Å². The Balaban J connectivity index is 2.45. The molecule has 1 rings (SSSR count). The molecule has 1 fully saturated rings. The standard InChI is InChI=1S/C11H19N3O4/c1-3-12-9(15)7-13(2)11(18)14-5-4-8(6-14)10(16)17/h8H,3-7H2,1-2H3,(H,12,15)(H,16,17). The summed E-state index contributed by atoms with van der Waals surface area (Å²) in [5.41, 5.74) is 0. The molecule has 1 aliphatic heterocycles. The van der Waals surface area contributed by atoms with Gasteiger partial charge in [-0.2, -0.15) is 0 Å². The number of carboxylic acid groups (broad SMARTS) is 1. The third-order valence-electron chi connectivity index (χ3n) is 2.89. The van der Waals surface area contributed by atoms with Gasteiger partial charge in [-0.25, -0.2) is 4.79 Å². The van der Waals surface area contributed by atoms with Crippen LogP contribution in [0.2, 0.25) is 0 Å². The minimum atomic E-state index is -0.878. The summed E-state index contributed by atoms with van der Waals surface area (Å²) >= 11 is 0. The lowest BCUT2D eigenvalue weighted by atomic mass is 10.1. The quantitative estimate of drug-likeness (QED) is 0.716. The summed E-state index contributed by atoms with van der Waals surface area (Å²) in [6.45, 7) is 2.95. The second-order valence-electron chi connectivity index (χ2n) is 4.36. The van der Waals surface area contributed by atoms with E-state index in [4.69, 9.17) is 5.11 Å². The van der Waals surface area contributed by atoms with Crippen LogP contribution in [0.4, 0.5) is 4.79 Å². The van der Waals surface area contributed by atoms with Crippen LogP contribution >= 0.6 is 0 Å². The topological polar surface area (TPSA) is 90.0 Å². The Morgan fingerprint density at radius 1 is 1.44 bits per heavy atom. The zero-order chi connectivity index (χ0) is 13.7. The van der Waals surface area contributed by atoms with E-state index >= 15 is 0 Å². The molecule has 0 saturated carbocycles. The molecule has 0 aromatic heterocycles. The number of likely N-dealkylation sites (N-methyl/N-ethyl adjacent to an activating group) is 2. The number of carboxylic acids is 1. The Morgan fingerprint density at radius 3 is 2.61 bits per heavy atom. The monoisotopic (exact) mass is 257 g/mol. The number of hydrogen-bond acceptors (Lipinski definition) is 3. The van der Waals surface area contributed by atoms with Gasteiger partial charge in [0.15, 0.2) is 0 Å². The molecule has 1 unspecified atom stereocenters. The van der Waals surface area contributed by atoms with E-state index in [2.05, 4.69) is 5.32 Å². The van der Waals surface area contributed by atoms with Gasteiger partial charge in [0, 0.05) is 26.7 Å². The van der Waals surface area contributed by atoms with Crippen LogP contribution in [0.3, 0.4) is 0 Å². The highest BCUT2D eigenvalue weighted by atomic mass is 16.4. The average molecular weight is 257 g/mol. The first kappa shape index (κ1) is 14.3. The van der Waals surface area contributed by atoms with Gasteiger partial charge in [-0.1, -0.05) is 0 Å². The summed E-state index contributed by atoms with van der Waals surface area (Å²) in [5, 5.41) is 11.5. The number of nitrogens with zero attached hydrogens (tertiary/aromatic N) is 2. The fourth-order valence-electron chi connectivity index (χ4n) is 1.91. The zero-order valence-electron chi connectivity index (χ0n) is 10.7. The minimum Gasteiger partial charge on any atom is -0.481 e. The second-order valence-corrected chi connectivity index (χ2v) is 4.36. The Hall–Kier alpha value is -1.79. The predicted molar refractivity (Wildman–Crippen MR) is 64.0 cm³/mol. The highest BCUT2D eigenvalue weighted by molar-refractivity contribution is 5.84. The van der Waals surface area contributed by atoms with Crippen molar-refractivity contribution in [2.75, 3.05) is 33.2 Å². The van der Waals surface area contributed by atoms with Crippen LogP contribution < -0.4 is 5.32 Å². The Labute approximate surface area is 106 Å². The van der Waals surface area contributed by atoms with Crippen LogP contribution in [0.25, 0.3) is 0 Å². The molecule has 0 spiro atoms. The molecule has 7 nitrogen and oxygen atoms in total. The van der Waals surface area contributed by atoms with E-state index in [9.17, 15) is 14.4 Å². The highest BCUT2D eigenvalue weighted by Gasteiger charge is 2.32. The lowest BCUT2D eigenvalue weighted by molar-refractivity contribution is -0.141. The summed E-state index contributed by atoms with van der Waals surface area (Å²) in [5.74, 6) is -1.59. The number of carbonyl (C=O) groups is 3. The number of likely N-dealkylation sites (tertiary alicyclic amines) is 1. The molecule has 7 heteroatoms. The number of amides is 3. The molecule has 102 valence electrons. The molecule has 2 N–H and O–H groups in total. The number of rotatable bonds is 4. The second kappa shape index (κ2) is 6.23. The SMILES string of the molecule is CCNC(=O)CN(C)C(=O)N1CCC(C(=O)O)C1. The summed E-state index contributed by atoms with van der Waals surface area (Å²) in [6, 6.07) is -0.301. The molecule has 0 aromatic rings. The van der Waals surface area contributed by atoms with Crippen LogP contribution in [0, 0.1) is 5.92 Å². The maximum Gasteiger partial charge on any atom is 0.320 e. The van der Waals surface area contributed by atoms with Crippen molar-refractivity contribution in [3.05, 3.63) is 0 Å². The number of hydrogen-bond donors (Lipinski definition) is 2. The highest BCUT2D eigenvalue weighted by Crippen LogP contribution is 2.17. The van der Waals surface area contributed by atoms with Crippen LogP contribution in [0.15, 0.2) is 0 Å². The average Bonchev–Trinajstić information content (AvgIpc) is 2.77. The summed E-state index contributed by atoms with van der Waals surface area (Å²) in [6.07, 6.45) is 0.468. The van der Waals surface area contributed by atoms with Gasteiger partial charge in [0.1, 0.15) is 6.54 Å². The Kier molecular flexibility index (Phi) is 4.94. The number of urea groups is 1. The van der Waals surface area contributed by atoms with Gasteiger partial charge in [-0.05, 0) is 13.3 Å². The normalized spacial score (nSPS) is 18.6. The third-order valence-corrected chi connectivity index (χ3v) is 2.89. The van der Waals surface area contributed by atoms with E-state index in [-0.39, 0.29) is 25.0 Å². The van der Waals surface area contributed by atoms with E-state index in [0.717, 1.165) is 0 Å². The maximum atomic E-state index is 11.9. The molecular formula is C11H19N3O4. The van der Waals surface area contributed by atoms with Gasteiger partial charge >= 0.3 is 12.0 Å². The fourth-order valence-corrected chi connectivity index (χ4v) is 1.91. The van der Waals surface area contributed by atoms with Gasteiger partial charge < -0.3 is 20.2 Å². The summed E-state index contributed by atoms with van der Waals surface area (Å²) in [7, 11) is 1.53. The van der Waals surface area contributed by atoms with Crippen LogP contribution in [0.1, 0.15) is 13.3 Å². The maximum absolute atomic E-state index is 11.9. The van der Waals surface area contributed by atoms with Gasteiger partial charge in [0.25, 0.3) is 0 Å². The molecular weight excluding hydrogens is 238 g/mol. The minimum absolute atomic E-state index is 0.0130. The molecule has 0 bridgehead atoms. The van der Waals surface area contributed by atoms with Crippen molar-refractivity contribution in [2.24, 2.45) is 5.92 Å². The summed E-state index contributed by atoms with van der Waals surface area (Å²) < 4.78 is 0. The van der Waals surface area contributed by atoms with Gasteiger partial charge in [-0.3, -0.25) is 9.59 Å². The van der Waals surface area contributed by atoms with E-state index in [1.807, 2.05) is 0 Å². The number of aliphatic carboxylic acids is 1. The van der Waals surface area contributed by atoms with Crippen molar-refractivity contribution in [2.45, 2.75) is 13.3 Å². The smallest absolute Gasteiger partial charge is 0.320 e. The third kappa shape index (κ3) is 3.61. The van der Waals surface area contributed by atoms with Gasteiger partial charge in [-0.15, -0.1) is 0 Å². The zero-order valence-corrected chi connectivity index (χ0v) is 10.7. The largest absolute Gasteiger partial charge is 0.481 e.